The van der Waals surface area contributed by atoms with Crippen LogP contribution in [0.2, 0.25) is 0 Å². The second-order valence-corrected chi connectivity index (χ2v) is 8.86. The molecule has 126 valence electrons. The van der Waals surface area contributed by atoms with Crippen LogP contribution in [0.25, 0.3) is 11.1 Å². The minimum absolute atomic E-state index is 0.0151. The van der Waals surface area contributed by atoms with Crippen molar-refractivity contribution < 1.29 is 13.2 Å². The number of likely N-dealkylation sites (tertiary alicyclic amines) is 1. The van der Waals surface area contributed by atoms with Crippen LogP contribution in [0, 0.1) is 0 Å². The molecular weight excluding hydrogens is 346 g/mol. The summed E-state index contributed by atoms with van der Waals surface area (Å²) >= 11 is 0. The Morgan fingerprint density at radius 1 is 1.00 bits per heavy atom. The average Bonchev–Trinajstić information content (AvgIpc) is 2.95. The van der Waals surface area contributed by atoms with Gasteiger partial charge >= 0.3 is 0 Å². The van der Waals surface area contributed by atoms with Crippen molar-refractivity contribution in [2.24, 2.45) is 0 Å². The molecule has 0 saturated carbocycles. The van der Waals surface area contributed by atoms with Gasteiger partial charge < -0.3 is 4.90 Å². The van der Waals surface area contributed by atoms with Crippen LogP contribution in [-0.4, -0.2) is 37.6 Å². The average molecular weight is 364 g/mol. The van der Waals surface area contributed by atoms with E-state index < -0.39 is 14.3 Å². The van der Waals surface area contributed by atoms with E-state index in [0.717, 1.165) is 16.7 Å². The summed E-state index contributed by atoms with van der Waals surface area (Å²) in [7, 11) is 1.68. The molecule has 1 atom stereocenters. The Kier molecular flexibility index (Phi) is 4.92. The maximum atomic E-state index is 11.9. The van der Waals surface area contributed by atoms with E-state index in [9.17, 15) is 13.2 Å². The summed E-state index contributed by atoms with van der Waals surface area (Å²) in [6.45, 7) is 0.694. The number of hydrogen-bond donors (Lipinski definition) is 0. The second-order valence-electron chi connectivity index (χ2n) is 5.95. The molecule has 3 rings (SSSR count). The summed E-state index contributed by atoms with van der Waals surface area (Å²) < 4.78 is 22.7. The van der Waals surface area contributed by atoms with Gasteiger partial charge in [-0.25, -0.2) is 8.42 Å². The third-order valence-corrected chi connectivity index (χ3v) is 6.18. The molecule has 0 spiro atoms. The summed E-state index contributed by atoms with van der Waals surface area (Å²) in [5, 5.41) is -0.785. The Labute approximate surface area is 146 Å². The molecule has 1 unspecified atom stereocenters. The van der Waals surface area contributed by atoms with Gasteiger partial charge in [-0.1, -0.05) is 54.6 Å². The predicted molar refractivity (Wildman–Crippen MR) is 95.3 cm³/mol. The topological polar surface area (TPSA) is 54.5 Å². The van der Waals surface area contributed by atoms with Crippen molar-refractivity contribution in [2.75, 3.05) is 13.1 Å². The van der Waals surface area contributed by atoms with E-state index in [2.05, 4.69) is 24.3 Å². The van der Waals surface area contributed by atoms with Gasteiger partial charge in [0, 0.05) is 30.2 Å². The molecule has 1 heterocycles. The number of rotatable bonds is 5. The molecule has 6 heteroatoms. The first-order valence-corrected chi connectivity index (χ1v) is 10.2. The number of nitrogens with zero attached hydrogens (tertiary/aromatic N) is 1. The molecule has 0 aromatic heterocycles. The van der Waals surface area contributed by atoms with Crippen molar-refractivity contribution in [1.29, 1.82) is 0 Å². The normalized spacial score (nSPS) is 18.1. The Hall–Kier alpha value is -1.85. The Morgan fingerprint density at radius 2 is 1.62 bits per heavy atom. The molecule has 1 aliphatic rings. The van der Waals surface area contributed by atoms with Crippen LogP contribution in [0.15, 0.2) is 54.6 Å². The summed E-state index contributed by atoms with van der Waals surface area (Å²) in [5.74, 6) is -0.148. The van der Waals surface area contributed by atoms with Crippen LogP contribution >= 0.6 is 10.7 Å². The summed E-state index contributed by atoms with van der Waals surface area (Å²) in [4.78, 5) is 13.5. The molecule has 4 nitrogen and oxygen atoms in total. The lowest BCUT2D eigenvalue weighted by atomic mass is 10.0. The predicted octanol–water partition coefficient (Wildman–Crippen LogP) is 3.07. The number of carbonyl (C=O) groups excluding carboxylic acids is 1. The third kappa shape index (κ3) is 3.97. The fraction of sp³-hybridized carbons (Fsp3) is 0.278. The van der Waals surface area contributed by atoms with Gasteiger partial charge in [0.2, 0.25) is 15.0 Å². The lowest BCUT2D eigenvalue weighted by molar-refractivity contribution is -0.127. The van der Waals surface area contributed by atoms with E-state index in [1.54, 1.807) is 4.90 Å². The Morgan fingerprint density at radius 3 is 2.21 bits per heavy atom. The van der Waals surface area contributed by atoms with Crippen LogP contribution in [0.3, 0.4) is 0 Å². The number of hydrogen-bond acceptors (Lipinski definition) is 3. The van der Waals surface area contributed by atoms with Gasteiger partial charge in [0.05, 0.1) is 0 Å². The highest BCUT2D eigenvalue weighted by atomic mass is 35.7. The van der Waals surface area contributed by atoms with E-state index >= 15 is 0 Å². The van der Waals surface area contributed by atoms with Crippen molar-refractivity contribution in [3.63, 3.8) is 0 Å². The van der Waals surface area contributed by atoms with Crippen molar-refractivity contribution in [2.45, 2.75) is 18.1 Å². The van der Waals surface area contributed by atoms with Gasteiger partial charge in [-0.05, 0) is 23.1 Å². The molecule has 0 bridgehead atoms. The van der Waals surface area contributed by atoms with Crippen LogP contribution < -0.4 is 0 Å². The first-order valence-electron chi connectivity index (χ1n) is 7.79. The smallest absolute Gasteiger partial charge is 0.237 e. The number of halogens is 1. The summed E-state index contributed by atoms with van der Waals surface area (Å²) in [5.41, 5.74) is 3.42. The molecule has 0 N–H and O–H groups in total. The first kappa shape index (κ1) is 17.0. The molecule has 2 aromatic rings. The highest BCUT2D eigenvalue weighted by molar-refractivity contribution is 8.14. The molecule has 0 radical (unpaired) electrons. The first-order chi connectivity index (χ1) is 11.4. The summed E-state index contributed by atoms with van der Waals surface area (Å²) in [6.07, 6.45) is 0.675. The fourth-order valence-electron chi connectivity index (χ4n) is 2.90. The number of carbonyl (C=O) groups is 1. The molecule has 1 saturated heterocycles. The summed E-state index contributed by atoms with van der Waals surface area (Å²) in [6, 6.07) is 18.3. The van der Waals surface area contributed by atoms with E-state index in [1.807, 2.05) is 30.3 Å². The molecule has 1 amide bonds. The van der Waals surface area contributed by atoms with Gasteiger partial charge in [0.1, 0.15) is 5.25 Å². The number of benzene rings is 2. The van der Waals surface area contributed by atoms with Crippen LogP contribution in [0.1, 0.15) is 12.0 Å². The minimum Gasteiger partial charge on any atom is -0.341 e. The SMILES string of the molecule is O=C1CC(S(=O)(=O)Cl)CN1CCc1ccc(-c2ccccc2)cc1. The molecular formula is C18H18ClNO3S. The van der Waals surface area contributed by atoms with Crippen molar-refractivity contribution in [3.8, 4) is 11.1 Å². The lowest BCUT2D eigenvalue weighted by Crippen LogP contribution is -2.29. The zero-order valence-corrected chi connectivity index (χ0v) is 14.6. The monoisotopic (exact) mass is 363 g/mol. The van der Waals surface area contributed by atoms with Crippen LogP contribution in [0.4, 0.5) is 0 Å². The molecule has 1 aliphatic heterocycles. The fourth-order valence-corrected chi connectivity index (χ4v) is 3.96. The van der Waals surface area contributed by atoms with E-state index in [-0.39, 0.29) is 18.9 Å². The molecule has 1 fully saturated rings. The quantitative estimate of drug-likeness (QED) is 0.767. The van der Waals surface area contributed by atoms with Crippen molar-refractivity contribution in [3.05, 3.63) is 60.2 Å². The second kappa shape index (κ2) is 6.95. The highest BCUT2D eigenvalue weighted by Gasteiger charge is 2.36. The maximum Gasteiger partial charge on any atom is 0.237 e. The molecule has 24 heavy (non-hydrogen) atoms. The van der Waals surface area contributed by atoms with E-state index in [4.69, 9.17) is 10.7 Å². The maximum absolute atomic E-state index is 11.9. The highest BCUT2D eigenvalue weighted by Crippen LogP contribution is 2.22. The van der Waals surface area contributed by atoms with Crippen molar-refractivity contribution >= 4 is 25.6 Å². The van der Waals surface area contributed by atoms with Crippen LogP contribution in [0.5, 0.6) is 0 Å². The zero-order chi connectivity index (χ0) is 17.2. The van der Waals surface area contributed by atoms with Gasteiger partial charge in [-0.3, -0.25) is 4.79 Å². The Balaban J connectivity index is 1.60. The van der Waals surface area contributed by atoms with Gasteiger partial charge in [0.15, 0.2) is 0 Å². The van der Waals surface area contributed by atoms with Crippen LogP contribution in [-0.2, 0) is 20.3 Å². The standard InChI is InChI=1S/C18H18ClNO3S/c19-24(22,23)17-12-18(21)20(13-17)11-10-14-6-8-16(9-7-14)15-4-2-1-3-5-15/h1-9,17H,10-13H2. The number of amides is 1. The van der Waals surface area contributed by atoms with Gasteiger partial charge in [0.25, 0.3) is 0 Å². The van der Waals surface area contributed by atoms with Gasteiger partial charge in [-0.2, -0.15) is 0 Å². The largest absolute Gasteiger partial charge is 0.341 e. The minimum atomic E-state index is -3.68. The zero-order valence-electron chi connectivity index (χ0n) is 13.1. The van der Waals surface area contributed by atoms with E-state index in [0.29, 0.717) is 13.0 Å². The van der Waals surface area contributed by atoms with Gasteiger partial charge in [-0.15, -0.1) is 0 Å². The molecule has 0 aliphatic carbocycles. The van der Waals surface area contributed by atoms with Crippen molar-refractivity contribution in [1.82, 2.24) is 4.90 Å². The third-order valence-electron chi connectivity index (χ3n) is 4.31. The lowest BCUT2D eigenvalue weighted by Gasteiger charge is -2.16. The molecule has 2 aromatic carbocycles. The Bertz CT molecular complexity index is 819. The van der Waals surface area contributed by atoms with E-state index in [1.165, 1.54) is 0 Å².